The molecule has 6 nitrogen and oxygen atoms in total. The van der Waals surface area contributed by atoms with Gasteiger partial charge in [-0.25, -0.2) is 0 Å². The molecule has 22 heavy (non-hydrogen) atoms. The van der Waals surface area contributed by atoms with Gasteiger partial charge < -0.3 is 4.57 Å². The molecule has 0 saturated heterocycles. The molecule has 0 spiro atoms. The van der Waals surface area contributed by atoms with Crippen LogP contribution < -0.4 is 0 Å². The van der Waals surface area contributed by atoms with Gasteiger partial charge in [0.1, 0.15) is 0 Å². The topological polar surface area (TPSA) is 73.8 Å². The van der Waals surface area contributed by atoms with Gasteiger partial charge in [0.05, 0.1) is 4.92 Å². The number of nitrogens with zero attached hydrogens (tertiary/aromatic N) is 4. The Morgan fingerprint density at radius 3 is 2.59 bits per heavy atom. The van der Waals surface area contributed by atoms with Crippen molar-refractivity contribution >= 4 is 17.4 Å². The SMILES string of the molecule is CC(Sc1nnc(C(F)(F)F)n1C)c1cccc([N+](=O)[O-])c1. The second-order valence-electron chi connectivity index (χ2n) is 4.48. The second-order valence-corrected chi connectivity index (χ2v) is 5.78. The fraction of sp³-hybridized carbons (Fsp3) is 0.333. The van der Waals surface area contributed by atoms with E-state index in [1.807, 2.05) is 0 Å². The minimum Gasteiger partial charge on any atom is -0.302 e. The maximum Gasteiger partial charge on any atom is 0.451 e. The van der Waals surface area contributed by atoms with Crippen molar-refractivity contribution in [2.45, 2.75) is 23.5 Å². The van der Waals surface area contributed by atoms with Crippen LogP contribution in [0.3, 0.4) is 0 Å². The van der Waals surface area contributed by atoms with Crippen LogP contribution in [0.1, 0.15) is 23.6 Å². The largest absolute Gasteiger partial charge is 0.451 e. The van der Waals surface area contributed by atoms with Gasteiger partial charge in [-0.05, 0) is 12.5 Å². The summed E-state index contributed by atoms with van der Waals surface area (Å²) in [6, 6.07) is 5.94. The fourth-order valence-corrected chi connectivity index (χ4v) is 2.71. The van der Waals surface area contributed by atoms with Crippen molar-refractivity contribution < 1.29 is 18.1 Å². The van der Waals surface area contributed by atoms with Crippen molar-refractivity contribution in [1.29, 1.82) is 0 Å². The molecule has 0 aliphatic heterocycles. The van der Waals surface area contributed by atoms with Gasteiger partial charge in [-0.1, -0.05) is 23.9 Å². The predicted octanol–water partition coefficient (Wildman–Crippen LogP) is 3.60. The summed E-state index contributed by atoms with van der Waals surface area (Å²) < 4.78 is 38.8. The number of halogens is 3. The number of hydrogen-bond donors (Lipinski definition) is 0. The van der Waals surface area contributed by atoms with Crippen LogP contribution in [-0.2, 0) is 13.2 Å². The van der Waals surface area contributed by atoms with E-state index in [4.69, 9.17) is 0 Å². The van der Waals surface area contributed by atoms with Crippen molar-refractivity contribution in [2.75, 3.05) is 0 Å². The summed E-state index contributed by atoms with van der Waals surface area (Å²) in [6.45, 7) is 1.73. The molecular formula is C12H11F3N4O2S. The number of aromatic nitrogens is 3. The minimum absolute atomic E-state index is 0.0705. The average molecular weight is 332 g/mol. The first kappa shape index (κ1) is 16.3. The summed E-state index contributed by atoms with van der Waals surface area (Å²) in [4.78, 5) is 10.2. The van der Waals surface area contributed by atoms with E-state index >= 15 is 0 Å². The average Bonchev–Trinajstić information content (AvgIpc) is 2.80. The van der Waals surface area contributed by atoms with Gasteiger partial charge in [-0.3, -0.25) is 10.1 Å². The van der Waals surface area contributed by atoms with Crippen molar-refractivity contribution in [3.05, 3.63) is 45.8 Å². The molecule has 118 valence electrons. The maximum atomic E-state index is 12.7. The zero-order valence-electron chi connectivity index (χ0n) is 11.5. The Bertz CT molecular complexity index is 702. The first-order chi connectivity index (χ1) is 10.2. The molecule has 1 aromatic carbocycles. The van der Waals surface area contributed by atoms with E-state index in [0.29, 0.717) is 5.56 Å². The van der Waals surface area contributed by atoms with Crippen LogP contribution in [0.2, 0.25) is 0 Å². The summed E-state index contributed by atoms with van der Waals surface area (Å²) in [5.74, 6) is -1.08. The number of nitro groups is 1. The molecular weight excluding hydrogens is 321 g/mol. The van der Waals surface area contributed by atoms with Gasteiger partial charge >= 0.3 is 6.18 Å². The van der Waals surface area contributed by atoms with Crippen LogP contribution in [-0.4, -0.2) is 19.7 Å². The smallest absolute Gasteiger partial charge is 0.302 e. The number of thioether (sulfide) groups is 1. The zero-order valence-corrected chi connectivity index (χ0v) is 12.4. The third kappa shape index (κ3) is 3.38. The van der Waals surface area contributed by atoms with Crippen LogP contribution in [0.15, 0.2) is 29.4 Å². The van der Waals surface area contributed by atoms with E-state index in [-0.39, 0.29) is 16.1 Å². The van der Waals surface area contributed by atoms with E-state index in [1.165, 1.54) is 25.2 Å². The summed E-state index contributed by atoms with van der Waals surface area (Å²) in [7, 11) is 1.23. The second kappa shape index (κ2) is 5.95. The van der Waals surface area contributed by atoms with E-state index in [0.717, 1.165) is 16.3 Å². The van der Waals surface area contributed by atoms with Crippen molar-refractivity contribution in [3.8, 4) is 0 Å². The lowest BCUT2D eigenvalue weighted by Gasteiger charge is -2.11. The number of hydrogen-bond acceptors (Lipinski definition) is 5. The summed E-state index contributed by atoms with van der Waals surface area (Å²) in [6.07, 6.45) is -4.57. The summed E-state index contributed by atoms with van der Waals surface area (Å²) >= 11 is 1.05. The van der Waals surface area contributed by atoms with Crippen LogP contribution in [0.4, 0.5) is 18.9 Å². The molecule has 0 N–H and O–H groups in total. The van der Waals surface area contributed by atoms with Gasteiger partial charge in [0.15, 0.2) is 5.16 Å². The van der Waals surface area contributed by atoms with Crippen LogP contribution in [0.25, 0.3) is 0 Å². The van der Waals surface area contributed by atoms with Crippen molar-refractivity contribution in [2.24, 2.45) is 7.05 Å². The van der Waals surface area contributed by atoms with Gasteiger partial charge in [-0.15, -0.1) is 10.2 Å². The lowest BCUT2D eigenvalue weighted by atomic mass is 10.1. The van der Waals surface area contributed by atoms with Gasteiger partial charge in [0.25, 0.3) is 5.69 Å². The lowest BCUT2D eigenvalue weighted by Crippen LogP contribution is -2.13. The summed E-state index contributed by atoms with van der Waals surface area (Å²) in [5, 5.41) is 17.2. The molecule has 0 radical (unpaired) electrons. The van der Waals surface area contributed by atoms with Crippen molar-refractivity contribution in [3.63, 3.8) is 0 Å². The number of benzene rings is 1. The van der Waals surface area contributed by atoms with Gasteiger partial charge in [0, 0.05) is 24.4 Å². The number of non-ortho nitro benzene ring substituents is 1. The highest BCUT2D eigenvalue weighted by atomic mass is 32.2. The van der Waals surface area contributed by atoms with Crippen LogP contribution >= 0.6 is 11.8 Å². The van der Waals surface area contributed by atoms with Gasteiger partial charge in [-0.2, -0.15) is 13.2 Å². The number of nitro benzene ring substituents is 1. The van der Waals surface area contributed by atoms with Gasteiger partial charge in [0.2, 0.25) is 5.82 Å². The standard InChI is InChI=1S/C12H11F3N4O2S/c1-7(8-4-3-5-9(6-8)19(20)21)22-11-17-16-10(18(11)2)12(13,14)15/h3-7H,1-2H3. The Balaban J connectivity index is 2.23. The Hall–Kier alpha value is -2.10. The molecule has 0 fully saturated rings. The molecule has 2 aromatic rings. The monoisotopic (exact) mass is 332 g/mol. The van der Waals surface area contributed by atoms with Crippen molar-refractivity contribution in [1.82, 2.24) is 14.8 Å². The molecule has 0 bridgehead atoms. The van der Waals surface area contributed by atoms with E-state index in [2.05, 4.69) is 10.2 Å². The van der Waals surface area contributed by atoms with E-state index in [9.17, 15) is 23.3 Å². The molecule has 0 aliphatic carbocycles. The molecule has 1 atom stereocenters. The fourth-order valence-electron chi connectivity index (χ4n) is 1.78. The Morgan fingerprint density at radius 2 is 2.05 bits per heavy atom. The Labute approximate surface area is 127 Å². The third-order valence-corrected chi connectivity index (χ3v) is 4.11. The molecule has 0 amide bonds. The molecule has 0 aliphatic rings. The highest BCUT2D eigenvalue weighted by Crippen LogP contribution is 2.36. The Kier molecular flexibility index (Phi) is 4.40. The van der Waals surface area contributed by atoms with Crippen LogP contribution in [0.5, 0.6) is 0 Å². The molecule has 1 unspecified atom stereocenters. The third-order valence-electron chi connectivity index (χ3n) is 2.92. The first-order valence-corrected chi connectivity index (χ1v) is 6.95. The van der Waals surface area contributed by atoms with Crippen LogP contribution in [0, 0.1) is 10.1 Å². The highest BCUT2D eigenvalue weighted by molar-refractivity contribution is 7.99. The molecule has 1 aromatic heterocycles. The minimum atomic E-state index is -4.57. The highest BCUT2D eigenvalue weighted by Gasteiger charge is 2.37. The number of alkyl halides is 3. The molecule has 1 heterocycles. The van der Waals surface area contributed by atoms with E-state index in [1.54, 1.807) is 13.0 Å². The summed E-state index contributed by atoms with van der Waals surface area (Å²) in [5.41, 5.74) is 0.551. The first-order valence-electron chi connectivity index (χ1n) is 6.07. The lowest BCUT2D eigenvalue weighted by molar-refractivity contribution is -0.384. The van der Waals surface area contributed by atoms with E-state index < -0.39 is 16.9 Å². The molecule has 0 saturated carbocycles. The zero-order chi connectivity index (χ0) is 16.5. The molecule has 10 heteroatoms. The normalized spacial score (nSPS) is 13.1. The quantitative estimate of drug-likeness (QED) is 0.486. The molecule has 2 rings (SSSR count). The predicted molar refractivity (Wildman–Crippen MR) is 73.4 cm³/mol. The Morgan fingerprint density at radius 1 is 1.36 bits per heavy atom. The number of rotatable bonds is 4. The maximum absolute atomic E-state index is 12.7.